The number of benzene rings is 2. The number of aromatic nitrogens is 1. The number of nitrogens with one attached hydrogen (secondary N) is 1. The maximum Gasteiger partial charge on any atom is 0.307 e. The van der Waals surface area contributed by atoms with Crippen LogP contribution >= 0.6 is 34.7 Å². The molecule has 1 aliphatic rings. The highest BCUT2D eigenvalue weighted by Gasteiger charge is 2.29. The summed E-state index contributed by atoms with van der Waals surface area (Å²) in [5.74, 6) is 0.0445. The minimum absolute atomic E-state index is 0.0257. The highest BCUT2D eigenvalue weighted by atomic mass is 35.5. The van der Waals surface area contributed by atoms with Crippen LogP contribution in [0, 0.1) is 0 Å². The average molecular weight is 461 g/mol. The number of para-hydroxylation sites is 1. The standard InChI is InChI=1S/C21H17ClN2O4S2/c1-27-16-5-3-2-4-14(16)21-23-13(11-29-21)10-28-19(25)9-18-20(26)24-15-8-12(22)6-7-17(15)30-18/h2-8,11,18H,9-10H2,1H3,(H,24,26). The highest BCUT2D eigenvalue weighted by Crippen LogP contribution is 2.38. The van der Waals surface area contributed by atoms with E-state index in [2.05, 4.69) is 10.3 Å². The second-order valence-corrected chi connectivity index (χ2v) is 8.98. The van der Waals surface area contributed by atoms with E-state index in [1.54, 1.807) is 19.2 Å². The number of thioether (sulfide) groups is 1. The number of anilines is 1. The number of carbonyl (C=O) groups is 2. The van der Waals surface area contributed by atoms with Crippen molar-refractivity contribution in [3.63, 3.8) is 0 Å². The Kier molecular flexibility index (Phi) is 6.26. The van der Waals surface area contributed by atoms with E-state index >= 15 is 0 Å². The lowest BCUT2D eigenvalue weighted by Gasteiger charge is -2.23. The van der Waals surface area contributed by atoms with Crippen molar-refractivity contribution in [3.05, 3.63) is 58.6 Å². The Labute approximate surface area is 186 Å². The van der Waals surface area contributed by atoms with Gasteiger partial charge in [0.25, 0.3) is 0 Å². The molecule has 6 nitrogen and oxygen atoms in total. The van der Waals surface area contributed by atoms with E-state index in [4.69, 9.17) is 21.1 Å². The van der Waals surface area contributed by atoms with Crippen molar-refractivity contribution < 1.29 is 19.1 Å². The van der Waals surface area contributed by atoms with Gasteiger partial charge in [0, 0.05) is 15.3 Å². The van der Waals surface area contributed by atoms with Crippen LogP contribution < -0.4 is 10.1 Å². The second-order valence-electron chi connectivity index (χ2n) is 6.45. The molecule has 154 valence electrons. The Morgan fingerprint density at radius 3 is 2.93 bits per heavy atom. The van der Waals surface area contributed by atoms with Gasteiger partial charge < -0.3 is 14.8 Å². The van der Waals surface area contributed by atoms with Crippen LogP contribution in [0.5, 0.6) is 5.75 Å². The maximum absolute atomic E-state index is 12.3. The summed E-state index contributed by atoms with van der Waals surface area (Å²) in [5, 5.41) is 5.41. The van der Waals surface area contributed by atoms with E-state index in [0.717, 1.165) is 21.2 Å². The van der Waals surface area contributed by atoms with E-state index < -0.39 is 11.2 Å². The van der Waals surface area contributed by atoms with Crippen molar-refractivity contribution in [1.29, 1.82) is 0 Å². The topological polar surface area (TPSA) is 77.5 Å². The van der Waals surface area contributed by atoms with Crippen molar-refractivity contribution in [2.75, 3.05) is 12.4 Å². The third-order valence-corrected chi connectivity index (χ3v) is 6.82. The van der Waals surface area contributed by atoms with Crippen molar-refractivity contribution in [2.45, 2.75) is 23.2 Å². The molecule has 1 aromatic heterocycles. The summed E-state index contributed by atoms with van der Waals surface area (Å²) in [4.78, 5) is 30.0. The van der Waals surface area contributed by atoms with Crippen LogP contribution in [0.1, 0.15) is 12.1 Å². The molecule has 0 fully saturated rings. The molecular weight excluding hydrogens is 444 g/mol. The Morgan fingerprint density at radius 2 is 2.10 bits per heavy atom. The van der Waals surface area contributed by atoms with E-state index in [1.165, 1.54) is 23.1 Å². The average Bonchev–Trinajstić information content (AvgIpc) is 3.22. The zero-order valence-electron chi connectivity index (χ0n) is 15.9. The number of thiazole rings is 1. The van der Waals surface area contributed by atoms with Crippen molar-refractivity contribution in [2.24, 2.45) is 0 Å². The zero-order chi connectivity index (χ0) is 21.1. The van der Waals surface area contributed by atoms with Crippen LogP contribution in [0.15, 0.2) is 52.7 Å². The Balaban J connectivity index is 1.35. The van der Waals surface area contributed by atoms with E-state index in [9.17, 15) is 9.59 Å². The molecule has 0 bridgehead atoms. The second kappa shape index (κ2) is 9.07. The van der Waals surface area contributed by atoms with Crippen LogP contribution in [0.4, 0.5) is 5.69 Å². The third kappa shape index (κ3) is 4.61. The molecule has 30 heavy (non-hydrogen) atoms. The molecule has 0 radical (unpaired) electrons. The molecule has 1 aliphatic heterocycles. The third-order valence-electron chi connectivity index (χ3n) is 4.38. The predicted octanol–water partition coefficient (Wildman–Crippen LogP) is 5.02. The first kappa shape index (κ1) is 20.7. The Hall–Kier alpha value is -2.55. The number of rotatable bonds is 6. The van der Waals surface area contributed by atoms with Crippen molar-refractivity contribution in [1.82, 2.24) is 4.98 Å². The molecule has 1 unspecified atom stereocenters. The number of halogens is 1. The number of hydrogen-bond acceptors (Lipinski definition) is 7. The van der Waals surface area contributed by atoms with Gasteiger partial charge in [0.2, 0.25) is 5.91 Å². The molecule has 2 heterocycles. The summed E-state index contributed by atoms with van der Waals surface area (Å²) < 4.78 is 10.7. The van der Waals surface area contributed by atoms with Crippen LogP contribution in [0.3, 0.4) is 0 Å². The molecule has 3 aromatic rings. The first-order chi connectivity index (χ1) is 14.5. The summed E-state index contributed by atoms with van der Waals surface area (Å²) in [6.07, 6.45) is -0.0257. The first-order valence-corrected chi connectivity index (χ1v) is 11.2. The number of carbonyl (C=O) groups excluding carboxylic acids is 2. The largest absolute Gasteiger partial charge is 0.496 e. The summed E-state index contributed by atoms with van der Waals surface area (Å²) in [6, 6.07) is 12.9. The molecular formula is C21H17ClN2O4S2. The lowest BCUT2D eigenvalue weighted by Crippen LogP contribution is -2.31. The summed E-state index contributed by atoms with van der Waals surface area (Å²) >= 11 is 8.74. The predicted molar refractivity (Wildman–Crippen MR) is 118 cm³/mol. The van der Waals surface area contributed by atoms with Crippen molar-refractivity contribution in [3.8, 4) is 16.3 Å². The van der Waals surface area contributed by atoms with Gasteiger partial charge >= 0.3 is 5.97 Å². The Morgan fingerprint density at radius 1 is 1.27 bits per heavy atom. The fourth-order valence-corrected chi connectivity index (χ4v) is 5.02. The van der Waals surface area contributed by atoms with Gasteiger partial charge in [-0.05, 0) is 30.3 Å². The van der Waals surface area contributed by atoms with Gasteiger partial charge in [0.05, 0.1) is 35.7 Å². The molecule has 2 aromatic carbocycles. The Bertz CT molecular complexity index is 1100. The van der Waals surface area contributed by atoms with Gasteiger partial charge in [-0.1, -0.05) is 23.7 Å². The smallest absolute Gasteiger partial charge is 0.307 e. The number of hydrogen-bond donors (Lipinski definition) is 1. The molecule has 0 saturated heterocycles. The van der Waals surface area contributed by atoms with Gasteiger partial charge in [-0.25, -0.2) is 4.98 Å². The molecule has 1 atom stereocenters. The van der Waals surface area contributed by atoms with E-state index in [1.807, 2.05) is 35.7 Å². The summed E-state index contributed by atoms with van der Waals surface area (Å²) in [5.41, 5.74) is 2.19. The number of methoxy groups -OCH3 is 1. The number of amides is 1. The minimum atomic E-state index is -0.550. The van der Waals surface area contributed by atoms with E-state index in [-0.39, 0.29) is 18.9 Å². The van der Waals surface area contributed by atoms with Crippen LogP contribution in [-0.4, -0.2) is 29.2 Å². The monoisotopic (exact) mass is 460 g/mol. The maximum atomic E-state index is 12.3. The number of ether oxygens (including phenoxy) is 2. The zero-order valence-corrected chi connectivity index (χ0v) is 18.3. The molecule has 1 N–H and O–H groups in total. The van der Waals surface area contributed by atoms with Crippen LogP contribution in [0.2, 0.25) is 5.02 Å². The van der Waals surface area contributed by atoms with Crippen LogP contribution in [0.25, 0.3) is 10.6 Å². The molecule has 0 spiro atoms. The molecule has 1 amide bonds. The fourth-order valence-electron chi connectivity index (χ4n) is 2.94. The number of nitrogens with zero attached hydrogens (tertiary/aromatic N) is 1. The summed E-state index contributed by atoms with van der Waals surface area (Å²) in [7, 11) is 1.61. The number of fused-ring (bicyclic) bond motifs is 1. The molecule has 0 saturated carbocycles. The normalized spacial score (nSPS) is 15.3. The van der Waals surface area contributed by atoms with Gasteiger partial charge in [-0.3, -0.25) is 9.59 Å². The quantitative estimate of drug-likeness (QED) is 0.520. The number of esters is 1. The highest BCUT2D eigenvalue weighted by molar-refractivity contribution is 8.01. The van der Waals surface area contributed by atoms with Gasteiger partial charge in [0.1, 0.15) is 17.4 Å². The molecule has 0 aliphatic carbocycles. The van der Waals surface area contributed by atoms with Gasteiger partial charge in [-0.15, -0.1) is 23.1 Å². The first-order valence-electron chi connectivity index (χ1n) is 9.04. The lowest BCUT2D eigenvalue weighted by molar-refractivity contribution is -0.145. The van der Waals surface area contributed by atoms with Gasteiger partial charge in [-0.2, -0.15) is 0 Å². The van der Waals surface area contributed by atoms with Gasteiger partial charge in [0.15, 0.2) is 0 Å². The minimum Gasteiger partial charge on any atom is -0.496 e. The fraction of sp³-hybridized carbons (Fsp3) is 0.190. The summed E-state index contributed by atoms with van der Waals surface area (Å²) in [6.45, 7) is 0.0513. The van der Waals surface area contributed by atoms with E-state index in [0.29, 0.717) is 16.4 Å². The molecule has 9 heteroatoms. The molecule has 4 rings (SSSR count). The van der Waals surface area contributed by atoms with Crippen LogP contribution in [-0.2, 0) is 20.9 Å². The van der Waals surface area contributed by atoms with Crippen molar-refractivity contribution >= 4 is 52.3 Å². The lowest BCUT2D eigenvalue weighted by atomic mass is 10.2. The SMILES string of the molecule is COc1ccccc1-c1nc(COC(=O)CC2Sc3ccc(Cl)cc3NC2=O)cs1.